The smallest absolute Gasteiger partial charge is 0.341 e. The topological polar surface area (TPSA) is 59.3 Å². The minimum absolute atomic E-state index is 0.0732. The number of benzene rings is 1. The second kappa shape index (κ2) is 4.80. The first-order valence-corrected chi connectivity index (χ1v) is 5.11. The first kappa shape index (κ1) is 13.8. The highest BCUT2D eigenvalue weighted by Crippen LogP contribution is 2.22. The first-order valence-electron chi connectivity index (χ1n) is 5.11. The average molecular weight is 287 g/mol. The highest BCUT2D eigenvalue weighted by Gasteiger charge is 2.21. The number of carboxylic acids is 1. The van der Waals surface area contributed by atoms with Gasteiger partial charge in [0.15, 0.2) is 17.5 Å². The molecule has 0 saturated heterocycles. The van der Waals surface area contributed by atoms with Crippen LogP contribution in [0, 0.1) is 17.5 Å². The van der Waals surface area contributed by atoms with Gasteiger partial charge in [-0.05, 0) is 6.07 Å². The summed E-state index contributed by atoms with van der Waals surface area (Å²) in [4.78, 5) is 22.6. The number of aromatic carboxylic acids is 1. The number of fused-ring (bicyclic) bond motifs is 1. The van der Waals surface area contributed by atoms with Crippen LogP contribution in [-0.4, -0.2) is 15.6 Å². The van der Waals surface area contributed by atoms with Gasteiger partial charge in [0, 0.05) is 12.4 Å². The van der Waals surface area contributed by atoms with Gasteiger partial charge in [-0.15, -0.1) is 0 Å². The van der Waals surface area contributed by atoms with Crippen molar-refractivity contribution >= 4 is 23.1 Å². The number of nitrogens with zero attached hydrogens (tertiary/aromatic N) is 1. The van der Waals surface area contributed by atoms with Crippen molar-refractivity contribution in [1.82, 2.24) is 4.57 Å². The number of carbonyl (C=O) groups is 1. The molecule has 104 valence electrons. The molecule has 1 aromatic heterocycles. The molecule has 8 heteroatoms. The quantitative estimate of drug-likeness (QED) is 0.682. The molecule has 0 spiro atoms. The lowest BCUT2D eigenvalue weighted by molar-refractivity contribution is 0.0695. The Morgan fingerprint density at radius 1 is 1.25 bits per heavy atom. The Kier molecular flexibility index (Phi) is 3.31. The van der Waals surface area contributed by atoms with Crippen molar-refractivity contribution < 1.29 is 27.5 Å². The summed E-state index contributed by atoms with van der Waals surface area (Å²) in [7, 11) is 0. The third-order valence-corrected chi connectivity index (χ3v) is 2.60. The lowest BCUT2D eigenvalue weighted by Crippen LogP contribution is -2.19. The van der Waals surface area contributed by atoms with Crippen LogP contribution in [0.2, 0.25) is 0 Å². The van der Waals surface area contributed by atoms with E-state index in [0.717, 1.165) is 0 Å². The number of pyridine rings is 1. The van der Waals surface area contributed by atoms with E-state index in [2.05, 4.69) is 0 Å². The maximum atomic E-state index is 13.7. The van der Waals surface area contributed by atoms with Crippen molar-refractivity contribution in [3.63, 3.8) is 0 Å². The molecule has 0 atom stereocenters. The van der Waals surface area contributed by atoms with Gasteiger partial charge in [-0.2, -0.15) is 0 Å². The van der Waals surface area contributed by atoms with Crippen LogP contribution in [0.4, 0.5) is 17.6 Å². The SMILES string of the molecule is O=C(O)c1cn(/C=C/F)c2c(F)c(F)c(F)cc2c1=O. The Morgan fingerprint density at radius 3 is 2.45 bits per heavy atom. The zero-order valence-corrected chi connectivity index (χ0v) is 9.53. The molecule has 4 nitrogen and oxygen atoms in total. The largest absolute Gasteiger partial charge is 0.477 e. The second-order valence-corrected chi connectivity index (χ2v) is 3.74. The summed E-state index contributed by atoms with van der Waals surface area (Å²) in [5.41, 5.74) is -2.79. The minimum atomic E-state index is -1.85. The molecular formula is C12H5F4NO3. The molecule has 2 rings (SSSR count). The molecule has 0 fully saturated rings. The van der Waals surface area contributed by atoms with Crippen molar-refractivity contribution in [3.05, 3.63) is 51.8 Å². The first-order chi connectivity index (χ1) is 9.38. The number of carboxylic acid groups (broad SMARTS) is 1. The molecule has 2 aromatic rings. The van der Waals surface area contributed by atoms with E-state index in [9.17, 15) is 27.2 Å². The molecule has 0 unspecified atom stereocenters. The van der Waals surface area contributed by atoms with Crippen LogP contribution >= 0.6 is 0 Å². The van der Waals surface area contributed by atoms with Crippen LogP contribution in [0.25, 0.3) is 17.1 Å². The summed E-state index contributed by atoms with van der Waals surface area (Å²) < 4.78 is 52.8. The Morgan fingerprint density at radius 2 is 1.90 bits per heavy atom. The summed E-state index contributed by atoms with van der Waals surface area (Å²) in [5.74, 6) is -6.87. The minimum Gasteiger partial charge on any atom is -0.477 e. The number of aromatic nitrogens is 1. The highest BCUT2D eigenvalue weighted by atomic mass is 19.2. The van der Waals surface area contributed by atoms with Gasteiger partial charge in [-0.25, -0.2) is 22.4 Å². The molecule has 0 aliphatic carbocycles. The number of rotatable bonds is 2. The summed E-state index contributed by atoms with van der Waals surface area (Å²) in [6, 6.07) is 0.366. The fourth-order valence-electron chi connectivity index (χ4n) is 1.75. The summed E-state index contributed by atoms with van der Waals surface area (Å²) >= 11 is 0. The van der Waals surface area contributed by atoms with Gasteiger partial charge >= 0.3 is 5.97 Å². The lowest BCUT2D eigenvalue weighted by atomic mass is 10.1. The van der Waals surface area contributed by atoms with E-state index in [1.165, 1.54) is 0 Å². The van der Waals surface area contributed by atoms with Crippen molar-refractivity contribution in [2.24, 2.45) is 0 Å². The standard InChI is InChI=1S/C12H5F4NO3/c13-1-2-17-4-6(12(19)20)11(18)5-3-7(14)8(15)9(16)10(5)17/h1-4H,(H,19,20)/b2-1+. The Balaban J connectivity index is 3.10. The molecule has 0 amide bonds. The normalized spacial score (nSPS) is 11.4. The van der Waals surface area contributed by atoms with Crippen molar-refractivity contribution in [1.29, 1.82) is 0 Å². The fraction of sp³-hybridized carbons (Fsp3) is 0. The molecule has 1 heterocycles. The van der Waals surface area contributed by atoms with Crippen LogP contribution in [0.1, 0.15) is 10.4 Å². The molecule has 1 aromatic carbocycles. The van der Waals surface area contributed by atoms with E-state index in [0.29, 0.717) is 23.0 Å². The summed E-state index contributed by atoms with van der Waals surface area (Å²) in [6.45, 7) is 0. The third-order valence-electron chi connectivity index (χ3n) is 2.60. The van der Waals surface area contributed by atoms with Gasteiger partial charge in [-0.3, -0.25) is 4.79 Å². The van der Waals surface area contributed by atoms with Gasteiger partial charge in [0.1, 0.15) is 11.9 Å². The summed E-state index contributed by atoms with van der Waals surface area (Å²) in [5, 5.41) is 8.11. The lowest BCUT2D eigenvalue weighted by Gasteiger charge is -2.09. The number of hydrogen-bond donors (Lipinski definition) is 1. The Hall–Kier alpha value is -2.64. The molecule has 0 bridgehead atoms. The van der Waals surface area contributed by atoms with Gasteiger partial charge in [0.2, 0.25) is 5.43 Å². The maximum Gasteiger partial charge on any atom is 0.341 e. The predicted molar refractivity (Wildman–Crippen MR) is 61.5 cm³/mol. The Labute approximate surface area is 108 Å². The highest BCUT2D eigenvalue weighted by molar-refractivity contribution is 5.93. The van der Waals surface area contributed by atoms with E-state index in [1.54, 1.807) is 0 Å². The molecular weight excluding hydrogens is 282 g/mol. The summed E-state index contributed by atoms with van der Waals surface area (Å²) in [6.07, 6.45) is 1.11. The molecule has 0 aliphatic rings. The molecule has 0 radical (unpaired) electrons. The van der Waals surface area contributed by atoms with E-state index in [4.69, 9.17) is 5.11 Å². The Bertz CT molecular complexity index is 811. The number of hydrogen-bond acceptors (Lipinski definition) is 2. The van der Waals surface area contributed by atoms with Crippen LogP contribution in [-0.2, 0) is 0 Å². The molecule has 1 N–H and O–H groups in total. The van der Waals surface area contributed by atoms with Gasteiger partial charge in [-0.1, -0.05) is 0 Å². The van der Waals surface area contributed by atoms with Crippen molar-refractivity contribution in [2.75, 3.05) is 0 Å². The average Bonchev–Trinajstić information content (AvgIpc) is 2.39. The third kappa shape index (κ3) is 1.94. The zero-order valence-electron chi connectivity index (χ0n) is 9.53. The van der Waals surface area contributed by atoms with Gasteiger partial charge in [0.25, 0.3) is 0 Å². The van der Waals surface area contributed by atoms with E-state index in [1.807, 2.05) is 0 Å². The van der Waals surface area contributed by atoms with Gasteiger partial charge in [0.05, 0.1) is 10.9 Å². The zero-order chi connectivity index (χ0) is 15.0. The monoisotopic (exact) mass is 287 g/mol. The fourth-order valence-corrected chi connectivity index (χ4v) is 1.75. The van der Waals surface area contributed by atoms with E-state index in [-0.39, 0.29) is 6.33 Å². The van der Waals surface area contributed by atoms with Crippen LogP contribution < -0.4 is 5.43 Å². The van der Waals surface area contributed by atoms with Crippen LogP contribution in [0.3, 0.4) is 0 Å². The second-order valence-electron chi connectivity index (χ2n) is 3.74. The van der Waals surface area contributed by atoms with E-state index < -0.39 is 45.3 Å². The predicted octanol–water partition coefficient (Wildman–Crippen LogP) is 2.51. The maximum absolute atomic E-state index is 13.7. The number of halogens is 4. The molecule has 0 aliphatic heterocycles. The van der Waals surface area contributed by atoms with Crippen LogP contribution in [0.15, 0.2) is 23.4 Å². The van der Waals surface area contributed by atoms with Crippen LogP contribution in [0.5, 0.6) is 0 Å². The molecule has 20 heavy (non-hydrogen) atoms. The van der Waals surface area contributed by atoms with Crippen molar-refractivity contribution in [2.45, 2.75) is 0 Å². The van der Waals surface area contributed by atoms with Crippen molar-refractivity contribution in [3.8, 4) is 0 Å². The van der Waals surface area contributed by atoms with Gasteiger partial charge < -0.3 is 9.67 Å². The molecule has 0 saturated carbocycles. The van der Waals surface area contributed by atoms with E-state index >= 15 is 0 Å².